The van der Waals surface area contributed by atoms with Crippen LogP contribution < -0.4 is 4.72 Å². The lowest BCUT2D eigenvalue weighted by molar-refractivity contribution is 0.265. The van der Waals surface area contributed by atoms with Gasteiger partial charge in [-0.1, -0.05) is 0 Å². The average molecular weight is 188 g/mol. The summed E-state index contributed by atoms with van der Waals surface area (Å²) in [4.78, 5) is 0. The SMILES string of the molecule is CC(CO)NS(=O)(=O)CCl. The van der Waals surface area contributed by atoms with E-state index in [1.54, 1.807) is 6.92 Å². The Morgan fingerprint density at radius 3 is 2.50 bits per heavy atom. The zero-order chi connectivity index (χ0) is 8.20. The van der Waals surface area contributed by atoms with E-state index in [2.05, 4.69) is 4.72 Å². The fourth-order valence-corrected chi connectivity index (χ4v) is 1.31. The predicted molar refractivity (Wildman–Crippen MR) is 39.3 cm³/mol. The number of rotatable bonds is 4. The lowest BCUT2D eigenvalue weighted by atomic mass is 10.4. The molecule has 0 saturated heterocycles. The summed E-state index contributed by atoms with van der Waals surface area (Å²) in [6.07, 6.45) is 0. The van der Waals surface area contributed by atoms with Gasteiger partial charge in [-0.2, -0.15) is 0 Å². The van der Waals surface area contributed by atoms with Gasteiger partial charge in [0.25, 0.3) is 0 Å². The molecule has 0 spiro atoms. The van der Waals surface area contributed by atoms with Gasteiger partial charge in [0, 0.05) is 6.04 Å². The van der Waals surface area contributed by atoms with Crippen LogP contribution in [0.2, 0.25) is 0 Å². The van der Waals surface area contributed by atoms with Gasteiger partial charge in [-0.05, 0) is 6.92 Å². The van der Waals surface area contributed by atoms with Crippen LogP contribution in [0.25, 0.3) is 0 Å². The Bertz CT molecular complexity index is 179. The second kappa shape index (κ2) is 4.12. The van der Waals surface area contributed by atoms with E-state index in [1.807, 2.05) is 0 Å². The lowest BCUT2D eigenvalue weighted by Crippen LogP contribution is -2.35. The summed E-state index contributed by atoms with van der Waals surface area (Å²) in [5, 5.41) is 7.95. The minimum atomic E-state index is -3.38. The van der Waals surface area contributed by atoms with Gasteiger partial charge in [-0.15, -0.1) is 11.6 Å². The van der Waals surface area contributed by atoms with Crippen LogP contribution in [-0.4, -0.2) is 31.4 Å². The minimum Gasteiger partial charge on any atom is -0.395 e. The number of alkyl halides is 1. The molecule has 0 fully saturated rings. The topological polar surface area (TPSA) is 66.4 Å². The van der Waals surface area contributed by atoms with Crippen molar-refractivity contribution >= 4 is 21.6 Å². The molecule has 62 valence electrons. The van der Waals surface area contributed by atoms with E-state index in [0.717, 1.165) is 0 Å². The van der Waals surface area contributed by atoms with Crippen LogP contribution in [-0.2, 0) is 10.0 Å². The van der Waals surface area contributed by atoms with Gasteiger partial charge in [0.1, 0.15) is 5.21 Å². The van der Waals surface area contributed by atoms with Gasteiger partial charge in [0.2, 0.25) is 10.0 Å². The normalized spacial score (nSPS) is 15.1. The number of hydrogen-bond acceptors (Lipinski definition) is 3. The number of aliphatic hydroxyl groups excluding tert-OH is 1. The lowest BCUT2D eigenvalue weighted by Gasteiger charge is -2.08. The fraction of sp³-hybridized carbons (Fsp3) is 1.00. The molecule has 0 aliphatic carbocycles. The van der Waals surface area contributed by atoms with Gasteiger partial charge < -0.3 is 5.11 Å². The molecule has 2 N–H and O–H groups in total. The van der Waals surface area contributed by atoms with E-state index in [-0.39, 0.29) is 6.61 Å². The largest absolute Gasteiger partial charge is 0.395 e. The summed E-state index contributed by atoms with van der Waals surface area (Å²) in [5.41, 5.74) is 0. The second-order valence-electron chi connectivity index (χ2n) is 1.93. The highest BCUT2D eigenvalue weighted by atomic mass is 35.5. The smallest absolute Gasteiger partial charge is 0.225 e. The fourth-order valence-electron chi connectivity index (χ4n) is 0.375. The van der Waals surface area contributed by atoms with Gasteiger partial charge in [-0.25, -0.2) is 13.1 Å². The molecular weight excluding hydrogens is 178 g/mol. The van der Waals surface area contributed by atoms with E-state index in [0.29, 0.717) is 0 Å². The molecule has 0 amide bonds. The number of aliphatic hydroxyl groups is 1. The Morgan fingerprint density at radius 2 is 2.20 bits per heavy atom. The monoisotopic (exact) mass is 187 g/mol. The molecule has 0 radical (unpaired) electrons. The van der Waals surface area contributed by atoms with Crippen LogP contribution in [0.15, 0.2) is 0 Å². The molecule has 0 aromatic rings. The predicted octanol–water partition coefficient (Wildman–Crippen LogP) is -0.517. The Kier molecular flexibility index (Phi) is 4.19. The Morgan fingerprint density at radius 1 is 1.70 bits per heavy atom. The van der Waals surface area contributed by atoms with Crippen molar-refractivity contribution in [3.8, 4) is 0 Å². The minimum absolute atomic E-state index is 0.226. The van der Waals surface area contributed by atoms with Crippen molar-refractivity contribution in [3.63, 3.8) is 0 Å². The summed E-state index contributed by atoms with van der Waals surface area (Å²) in [5.74, 6) is 0. The first-order valence-corrected chi connectivity index (χ1v) is 4.87. The number of nitrogens with one attached hydrogen (secondary N) is 1. The maximum Gasteiger partial charge on any atom is 0.225 e. The molecule has 0 aromatic heterocycles. The van der Waals surface area contributed by atoms with Crippen molar-refractivity contribution < 1.29 is 13.5 Å². The zero-order valence-electron chi connectivity index (χ0n) is 5.54. The molecule has 1 unspecified atom stereocenters. The maximum atomic E-state index is 10.6. The number of sulfonamides is 1. The van der Waals surface area contributed by atoms with Crippen molar-refractivity contribution in [2.75, 3.05) is 11.8 Å². The molecule has 0 saturated carbocycles. The van der Waals surface area contributed by atoms with Gasteiger partial charge in [0.05, 0.1) is 6.61 Å². The van der Waals surface area contributed by atoms with Crippen LogP contribution in [0.1, 0.15) is 6.92 Å². The molecule has 6 heteroatoms. The van der Waals surface area contributed by atoms with Crippen molar-refractivity contribution in [2.45, 2.75) is 13.0 Å². The highest BCUT2D eigenvalue weighted by molar-refractivity contribution is 7.90. The summed E-state index contributed by atoms with van der Waals surface area (Å²) in [7, 11) is -3.38. The van der Waals surface area contributed by atoms with E-state index in [1.165, 1.54) is 0 Å². The Labute approximate surface area is 65.2 Å². The van der Waals surface area contributed by atoms with E-state index in [9.17, 15) is 8.42 Å². The third-order valence-electron chi connectivity index (χ3n) is 0.798. The molecule has 0 aliphatic rings. The third-order valence-corrected chi connectivity index (χ3v) is 2.71. The molecular formula is C4H10ClNO3S. The van der Waals surface area contributed by atoms with Gasteiger partial charge in [0.15, 0.2) is 0 Å². The van der Waals surface area contributed by atoms with Crippen LogP contribution in [0, 0.1) is 0 Å². The van der Waals surface area contributed by atoms with Crippen LogP contribution in [0.5, 0.6) is 0 Å². The zero-order valence-corrected chi connectivity index (χ0v) is 7.11. The first kappa shape index (κ1) is 10.2. The summed E-state index contributed by atoms with van der Waals surface area (Å²) < 4.78 is 23.4. The first-order valence-electron chi connectivity index (χ1n) is 2.68. The molecule has 0 bridgehead atoms. The number of hydrogen-bond donors (Lipinski definition) is 2. The van der Waals surface area contributed by atoms with E-state index in [4.69, 9.17) is 16.7 Å². The highest BCUT2D eigenvalue weighted by Crippen LogP contribution is 1.90. The highest BCUT2D eigenvalue weighted by Gasteiger charge is 2.10. The third kappa shape index (κ3) is 4.05. The second-order valence-corrected chi connectivity index (χ2v) is 4.26. The molecule has 0 rings (SSSR count). The van der Waals surface area contributed by atoms with Crippen molar-refractivity contribution in [3.05, 3.63) is 0 Å². The quantitative estimate of drug-likeness (QED) is 0.583. The van der Waals surface area contributed by atoms with E-state index >= 15 is 0 Å². The summed E-state index contributed by atoms with van der Waals surface area (Å²) >= 11 is 5.06. The standard InChI is InChI=1S/C4H10ClNO3S/c1-4(2-7)6-10(8,9)3-5/h4,6-7H,2-3H2,1H3. The Balaban J connectivity index is 3.90. The van der Waals surface area contributed by atoms with Crippen LogP contribution in [0.4, 0.5) is 0 Å². The summed E-state index contributed by atoms with van der Waals surface area (Å²) in [6.45, 7) is 1.32. The molecule has 0 aromatic carbocycles. The van der Waals surface area contributed by atoms with Gasteiger partial charge >= 0.3 is 0 Å². The van der Waals surface area contributed by atoms with Gasteiger partial charge in [-0.3, -0.25) is 0 Å². The molecule has 0 heterocycles. The van der Waals surface area contributed by atoms with Crippen molar-refractivity contribution in [1.82, 2.24) is 4.72 Å². The van der Waals surface area contributed by atoms with E-state index < -0.39 is 21.3 Å². The molecule has 0 aliphatic heterocycles. The first-order chi connectivity index (χ1) is 4.52. The van der Waals surface area contributed by atoms with Crippen LogP contribution >= 0.6 is 11.6 Å². The molecule has 1 atom stereocenters. The Hall–Kier alpha value is 0.160. The average Bonchev–Trinajstić information content (AvgIpc) is 1.87. The molecule has 4 nitrogen and oxygen atoms in total. The number of halogens is 1. The van der Waals surface area contributed by atoms with Crippen molar-refractivity contribution in [1.29, 1.82) is 0 Å². The maximum absolute atomic E-state index is 10.6. The summed E-state index contributed by atoms with van der Waals surface area (Å²) in [6, 6.07) is -0.469. The molecule has 10 heavy (non-hydrogen) atoms. The van der Waals surface area contributed by atoms with Crippen LogP contribution in [0.3, 0.4) is 0 Å². The van der Waals surface area contributed by atoms with Crippen molar-refractivity contribution in [2.24, 2.45) is 0 Å².